The summed E-state index contributed by atoms with van der Waals surface area (Å²) in [5.41, 5.74) is 1.06. The van der Waals surface area contributed by atoms with Crippen molar-refractivity contribution in [3.05, 3.63) is 76.8 Å². The Kier molecular flexibility index (Phi) is 5.63. The fourth-order valence-electron chi connectivity index (χ4n) is 2.35. The van der Waals surface area contributed by atoms with Crippen LogP contribution in [0.3, 0.4) is 0 Å². The van der Waals surface area contributed by atoms with Crippen molar-refractivity contribution < 1.29 is 18.0 Å². The number of amides is 1. The third-order valence-corrected chi connectivity index (χ3v) is 3.97. The highest BCUT2D eigenvalue weighted by Gasteiger charge is 2.13. The predicted molar refractivity (Wildman–Crippen MR) is 93.5 cm³/mol. The first-order chi connectivity index (χ1) is 12.5. The third-order valence-electron chi connectivity index (χ3n) is 3.72. The van der Waals surface area contributed by atoms with Crippen LogP contribution in [0.25, 0.3) is 11.3 Å². The average Bonchev–Trinajstić information content (AvgIpc) is 3.08. The lowest BCUT2D eigenvalue weighted by Gasteiger charge is -2.04. The number of benzene rings is 2. The van der Waals surface area contributed by atoms with Gasteiger partial charge in [0.05, 0.1) is 11.8 Å². The lowest BCUT2D eigenvalue weighted by atomic mass is 10.2. The van der Waals surface area contributed by atoms with E-state index in [9.17, 15) is 13.6 Å². The van der Waals surface area contributed by atoms with Gasteiger partial charge in [0.25, 0.3) is 0 Å². The largest absolute Gasteiger partial charge is 0.441 e. The van der Waals surface area contributed by atoms with Crippen LogP contribution in [0.1, 0.15) is 17.9 Å². The van der Waals surface area contributed by atoms with Crippen molar-refractivity contribution in [2.45, 2.75) is 19.4 Å². The molecule has 0 bridgehead atoms. The average molecular weight is 377 g/mol. The number of nitrogens with one attached hydrogen (secondary N) is 1. The van der Waals surface area contributed by atoms with Crippen molar-refractivity contribution in [2.24, 2.45) is 0 Å². The standard InChI is InChI=1S/C19H15ClF2N2O2/c20-13-3-1-12(2-4-13)10-23-18(25)7-8-19-24-11-17(26-19)15-6-5-14(21)9-16(15)22/h1-6,9,11H,7-8,10H2,(H,23,25). The molecule has 4 nitrogen and oxygen atoms in total. The third kappa shape index (κ3) is 4.67. The van der Waals surface area contributed by atoms with Crippen LogP contribution in [-0.4, -0.2) is 10.9 Å². The van der Waals surface area contributed by atoms with E-state index in [4.69, 9.17) is 16.0 Å². The van der Waals surface area contributed by atoms with Crippen LogP contribution in [0, 0.1) is 11.6 Å². The summed E-state index contributed by atoms with van der Waals surface area (Å²) < 4.78 is 32.2. The SMILES string of the molecule is O=C(CCc1ncc(-c2ccc(F)cc2F)o1)NCc1ccc(Cl)cc1. The van der Waals surface area contributed by atoms with Gasteiger partial charge in [-0.2, -0.15) is 0 Å². The van der Waals surface area contributed by atoms with E-state index in [1.54, 1.807) is 12.1 Å². The van der Waals surface area contributed by atoms with Crippen LogP contribution >= 0.6 is 11.6 Å². The number of aryl methyl sites for hydroxylation is 1. The van der Waals surface area contributed by atoms with Crippen molar-refractivity contribution in [3.8, 4) is 11.3 Å². The van der Waals surface area contributed by atoms with E-state index < -0.39 is 11.6 Å². The number of aromatic nitrogens is 1. The summed E-state index contributed by atoms with van der Waals surface area (Å²) in [7, 11) is 0. The monoisotopic (exact) mass is 376 g/mol. The summed E-state index contributed by atoms with van der Waals surface area (Å²) in [4.78, 5) is 16.0. The van der Waals surface area contributed by atoms with Gasteiger partial charge < -0.3 is 9.73 Å². The molecule has 3 rings (SSSR count). The molecule has 0 unspecified atom stereocenters. The summed E-state index contributed by atoms with van der Waals surface area (Å²) in [5.74, 6) is -1.05. The molecule has 0 radical (unpaired) electrons. The summed E-state index contributed by atoms with van der Waals surface area (Å²) in [6, 6.07) is 10.4. The molecule has 1 amide bonds. The highest BCUT2D eigenvalue weighted by molar-refractivity contribution is 6.30. The Hall–Kier alpha value is -2.73. The van der Waals surface area contributed by atoms with E-state index in [1.807, 2.05) is 12.1 Å². The van der Waals surface area contributed by atoms with Gasteiger partial charge in [-0.25, -0.2) is 13.8 Å². The summed E-state index contributed by atoms with van der Waals surface area (Å²) in [6.45, 7) is 0.396. The second-order valence-corrected chi connectivity index (χ2v) is 6.08. The Morgan fingerprint density at radius 1 is 1.15 bits per heavy atom. The van der Waals surface area contributed by atoms with Crippen molar-refractivity contribution in [1.82, 2.24) is 10.3 Å². The maximum atomic E-state index is 13.7. The number of hydrogen-bond acceptors (Lipinski definition) is 3. The first-order valence-electron chi connectivity index (χ1n) is 7.92. The van der Waals surface area contributed by atoms with Gasteiger partial charge in [0.15, 0.2) is 11.7 Å². The quantitative estimate of drug-likeness (QED) is 0.688. The Balaban J connectivity index is 1.52. The maximum Gasteiger partial charge on any atom is 0.220 e. The van der Waals surface area contributed by atoms with Crippen LogP contribution in [0.15, 0.2) is 53.1 Å². The smallest absolute Gasteiger partial charge is 0.220 e. The molecule has 0 aliphatic heterocycles. The molecule has 1 heterocycles. The van der Waals surface area contributed by atoms with Crippen LogP contribution in [-0.2, 0) is 17.8 Å². The second kappa shape index (κ2) is 8.10. The van der Waals surface area contributed by atoms with E-state index in [1.165, 1.54) is 12.3 Å². The van der Waals surface area contributed by atoms with E-state index >= 15 is 0 Å². The van der Waals surface area contributed by atoms with Gasteiger partial charge in [0, 0.05) is 30.5 Å². The zero-order valence-electron chi connectivity index (χ0n) is 13.6. The molecule has 0 aliphatic carbocycles. The first kappa shape index (κ1) is 18.1. The van der Waals surface area contributed by atoms with Crippen molar-refractivity contribution in [2.75, 3.05) is 0 Å². The molecule has 1 N–H and O–H groups in total. The lowest BCUT2D eigenvalue weighted by Crippen LogP contribution is -2.22. The fraction of sp³-hybridized carbons (Fsp3) is 0.158. The number of nitrogens with zero attached hydrogens (tertiary/aromatic N) is 1. The molecule has 3 aromatic rings. The highest BCUT2D eigenvalue weighted by Crippen LogP contribution is 2.24. The Labute approximate surface area is 153 Å². The van der Waals surface area contributed by atoms with Crippen LogP contribution < -0.4 is 5.32 Å². The van der Waals surface area contributed by atoms with Crippen molar-refractivity contribution in [3.63, 3.8) is 0 Å². The Bertz CT molecular complexity index is 910. The molecule has 0 saturated carbocycles. The maximum absolute atomic E-state index is 13.7. The van der Waals surface area contributed by atoms with E-state index in [0.29, 0.717) is 17.5 Å². The second-order valence-electron chi connectivity index (χ2n) is 5.65. The summed E-state index contributed by atoms with van der Waals surface area (Å²) in [6.07, 6.45) is 1.81. The van der Waals surface area contributed by atoms with Gasteiger partial charge in [-0.05, 0) is 29.8 Å². The minimum atomic E-state index is -0.728. The zero-order valence-corrected chi connectivity index (χ0v) is 14.4. The predicted octanol–water partition coefficient (Wildman–Crippen LogP) is 4.52. The number of halogens is 3. The van der Waals surface area contributed by atoms with Crippen molar-refractivity contribution >= 4 is 17.5 Å². The van der Waals surface area contributed by atoms with Crippen LogP contribution in [0.2, 0.25) is 5.02 Å². The Morgan fingerprint density at radius 2 is 1.92 bits per heavy atom. The summed E-state index contributed by atoms with van der Waals surface area (Å²) >= 11 is 5.81. The highest BCUT2D eigenvalue weighted by atomic mass is 35.5. The van der Waals surface area contributed by atoms with E-state index in [-0.39, 0.29) is 30.1 Å². The minimum absolute atomic E-state index is 0.123. The number of oxazole rings is 1. The summed E-state index contributed by atoms with van der Waals surface area (Å²) in [5, 5.41) is 3.43. The minimum Gasteiger partial charge on any atom is -0.441 e. The number of rotatable bonds is 6. The van der Waals surface area contributed by atoms with Crippen molar-refractivity contribution in [1.29, 1.82) is 0 Å². The molecule has 0 fully saturated rings. The van der Waals surface area contributed by atoms with E-state index in [2.05, 4.69) is 10.3 Å². The number of carbonyl (C=O) groups is 1. The molecular weight excluding hydrogens is 362 g/mol. The molecule has 0 spiro atoms. The molecule has 26 heavy (non-hydrogen) atoms. The fourth-order valence-corrected chi connectivity index (χ4v) is 2.48. The molecule has 7 heteroatoms. The van der Waals surface area contributed by atoms with Gasteiger partial charge >= 0.3 is 0 Å². The number of hydrogen-bond donors (Lipinski definition) is 1. The molecular formula is C19H15ClF2N2O2. The molecule has 2 aromatic carbocycles. The molecule has 1 aromatic heterocycles. The first-order valence-corrected chi connectivity index (χ1v) is 8.30. The van der Waals surface area contributed by atoms with Gasteiger partial charge in [-0.15, -0.1) is 0 Å². The normalized spacial score (nSPS) is 10.7. The zero-order chi connectivity index (χ0) is 18.5. The van der Waals surface area contributed by atoms with Gasteiger partial charge in [0.2, 0.25) is 5.91 Å². The Morgan fingerprint density at radius 3 is 2.65 bits per heavy atom. The molecule has 134 valence electrons. The topological polar surface area (TPSA) is 55.1 Å². The molecule has 0 aliphatic rings. The van der Waals surface area contributed by atoms with Crippen LogP contribution in [0.5, 0.6) is 0 Å². The lowest BCUT2D eigenvalue weighted by molar-refractivity contribution is -0.121. The molecule has 0 atom stereocenters. The number of carbonyl (C=O) groups excluding carboxylic acids is 1. The van der Waals surface area contributed by atoms with Gasteiger partial charge in [0.1, 0.15) is 11.6 Å². The van der Waals surface area contributed by atoms with E-state index in [0.717, 1.165) is 17.7 Å². The molecule has 0 saturated heterocycles. The van der Waals surface area contributed by atoms with Gasteiger partial charge in [-0.3, -0.25) is 4.79 Å². The van der Waals surface area contributed by atoms with Gasteiger partial charge in [-0.1, -0.05) is 23.7 Å². The van der Waals surface area contributed by atoms with Crippen LogP contribution in [0.4, 0.5) is 8.78 Å².